The van der Waals surface area contributed by atoms with Gasteiger partial charge in [0.1, 0.15) is 11.6 Å². The number of H-pyrrole nitrogens is 1. The van der Waals surface area contributed by atoms with Crippen LogP contribution in [0.3, 0.4) is 0 Å². The minimum atomic E-state index is -0.0911. The number of aromatic amines is 1. The SMILES string of the molecule is Cc1nc(N(C)C2CNC2)cc(=O)[nH]1. The quantitative estimate of drug-likeness (QED) is 0.665. The van der Waals surface area contributed by atoms with Gasteiger partial charge in [0.25, 0.3) is 5.56 Å². The van der Waals surface area contributed by atoms with Gasteiger partial charge < -0.3 is 15.2 Å². The summed E-state index contributed by atoms with van der Waals surface area (Å²) in [6.45, 7) is 3.71. The van der Waals surface area contributed by atoms with Gasteiger partial charge in [-0.15, -0.1) is 0 Å². The Kier molecular flexibility index (Phi) is 2.25. The van der Waals surface area contributed by atoms with Crippen molar-refractivity contribution in [2.75, 3.05) is 25.0 Å². The molecule has 14 heavy (non-hydrogen) atoms. The summed E-state index contributed by atoms with van der Waals surface area (Å²) >= 11 is 0. The first-order valence-electron chi connectivity index (χ1n) is 4.68. The molecule has 0 unspecified atom stereocenters. The van der Waals surface area contributed by atoms with Gasteiger partial charge in [-0.1, -0.05) is 0 Å². The van der Waals surface area contributed by atoms with E-state index >= 15 is 0 Å². The molecule has 0 amide bonds. The van der Waals surface area contributed by atoms with Crippen molar-refractivity contribution in [3.8, 4) is 0 Å². The molecule has 1 aromatic rings. The zero-order valence-electron chi connectivity index (χ0n) is 8.37. The van der Waals surface area contributed by atoms with Gasteiger partial charge in [0.15, 0.2) is 0 Å². The van der Waals surface area contributed by atoms with E-state index in [9.17, 15) is 4.79 Å². The predicted octanol–water partition coefficient (Wildman–Crippen LogP) is -0.514. The standard InChI is InChI=1S/C9H14N4O/c1-6-11-8(3-9(14)12-6)13(2)7-4-10-5-7/h3,7,10H,4-5H2,1-2H3,(H,11,12,14). The third kappa shape index (κ3) is 1.63. The molecule has 2 rings (SSSR count). The molecule has 1 aromatic heterocycles. The van der Waals surface area contributed by atoms with Gasteiger partial charge in [-0.2, -0.15) is 0 Å². The first-order chi connectivity index (χ1) is 6.66. The van der Waals surface area contributed by atoms with Crippen molar-refractivity contribution in [2.45, 2.75) is 13.0 Å². The fraction of sp³-hybridized carbons (Fsp3) is 0.556. The largest absolute Gasteiger partial charge is 0.354 e. The van der Waals surface area contributed by atoms with Crippen molar-refractivity contribution in [3.05, 3.63) is 22.2 Å². The van der Waals surface area contributed by atoms with E-state index in [1.54, 1.807) is 6.92 Å². The average molecular weight is 194 g/mol. The molecule has 2 N–H and O–H groups in total. The molecule has 1 saturated heterocycles. The maximum absolute atomic E-state index is 11.2. The van der Waals surface area contributed by atoms with Crippen LogP contribution in [0.25, 0.3) is 0 Å². The lowest BCUT2D eigenvalue weighted by Gasteiger charge is -2.36. The Morgan fingerprint density at radius 2 is 2.29 bits per heavy atom. The summed E-state index contributed by atoms with van der Waals surface area (Å²) in [7, 11) is 1.96. The molecular formula is C9H14N4O. The van der Waals surface area contributed by atoms with Crippen LogP contribution in [0, 0.1) is 6.92 Å². The lowest BCUT2D eigenvalue weighted by atomic mass is 10.1. The van der Waals surface area contributed by atoms with E-state index in [-0.39, 0.29) is 5.56 Å². The highest BCUT2D eigenvalue weighted by Crippen LogP contribution is 2.11. The molecule has 5 nitrogen and oxygen atoms in total. The van der Waals surface area contributed by atoms with Gasteiger partial charge >= 0.3 is 0 Å². The highest BCUT2D eigenvalue weighted by atomic mass is 16.1. The van der Waals surface area contributed by atoms with Crippen LogP contribution in [-0.4, -0.2) is 36.1 Å². The first kappa shape index (κ1) is 9.21. The number of aromatic nitrogens is 2. The minimum Gasteiger partial charge on any atom is -0.354 e. The Balaban J connectivity index is 2.26. The maximum Gasteiger partial charge on any atom is 0.252 e. The maximum atomic E-state index is 11.2. The van der Waals surface area contributed by atoms with Crippen LogP contribution < -0.4 is 15.8 Å². The summed E-state index contributed by atoms with van der Waals surface area (Å²) in [6, 6.07) is 1.99. The number of nitrogens with zero attached hydrogens (tertiary/aromatic N) is 2. The van der Waals surface area contributed by atoms with Crippen molar-refractivity contribution in [3.63, 3.8) is 0 Å². The van der Waals surface area contributed by atoms with E-state index in [2.05, 4.69) is 15.3 Å². The zero-order chi connectivity index (χ0) is 10.1. The topological polar surface area (TPSA) is 61.0 Å². The van der Waals surface area contributed by atoms with Crippen LogP contribution in [0.5, 0.6) is 0 Å². The average Bonchev–Trinajstić information content (AvgIpc) is 1.98. The predicted molar refractivity (Wildman–Crippen MR) is 54.7 cm³/mol. The van der Waals surface area contributed by atoms with Crippen molar-refractivity contribution in [1.29, 1.82) is 0 Å². The zero-order valence-corrected chi connectivity index (χ0v) is 8.37. The Morgan fingerprint density at radius 3 is 2.79 bits per heavy atom. The van der Waals surface area contributed by atoms with Crippen molar-refractivity contribution in [2.24, 2.45) is 0 Å². The number of nitrogens with one attached hydrogen (secondary N) is 2. The molecule has 0 aliphatic carbocycles. The van der Waals surface area contributed by atoms with Gasteiger partial charge in [0, 0.05) is 26.2 Å². The summed E-state index contributed by atoms with van der Waals surface area (Å²) in [5, 5.41) is 3.19. The summed E-state index contributed by atoms with van der Waals surface area (Å²) in [5.74, 6) is 1.41. The normalized spacial score (nSPS) is 16.4. The molecular weight excluding hydrogens is 180 g/mol. The molecule has 0 radical (unpaired) electrons. The second-order valence-electron chi connectivity index (χ2n) is 3.61. The number of rotatable bonds is 2. The molecule has 5 heteroatoms. The fourth-order valence-corrected chi connectivity index (χ4v) is 1.48. The van der Waals surface area contributed by atoms with Crippen LogP contribution in [0.15, 0.2) is 10.9 Å². The summed E-state index contributed by atoms with van der Waals surface area (Å²) < 4.78 is 0. The Labute approximate surface area is 82.2 Å². The highest BCUT2D eigenvalue weighted by molar-refractivity contribution is 5.38. The summed E-state index contributed by atoms with van der Waals surface area (Å²) in [5.41, 5.74) is -0.0911. The third-order valence-electron chi connectivity index (χ3n) is 2.52. The fourth-order valence-electron chi connectivity index (χ4n) is 1.48. The molecule has 0 aromatic carbocycles. The number of hydrogen-bond donors (Lipinski definition) is 2. The number of likely N-dealkylation sites (N-methyl/N-ethyl adjacent to an activating group) is 1. The Morgan fingerprint density at radius 1 is 1.57 bits per heavy atom. The number of hydrogen-bond acceptors (Lipinski definition) is 4. The molecule has 0 bridgehead atoms. The first-order valence-corrected chi connectivity index (χ1v) is 4.68. The minimum absolute atomic E-state index is 0.0911. The van der Waals surface area contributed by atoms with Crippen molar-refractivity contribution >= 4 is 5.82 Å². The van der Waals surface area contributed by atoms with E-state index in [0.717, 1.165) is 18.9 Å². The van der Waals surface area contributed by atoms with Gasteiger partial charge in [-0.05, 0) is 6.92 Å². The van der Waals surface area contributed by atoms with Gasteiger partial charge in [0.2, 0.25) is 0 Å². The van der Waals surface area contributed by atoms with Crippen LogP contribution in [0.2, 0.25) is 0 Å². The lowest BCUT2D eigenvalue weighted by molar-refractivity contribution is 0.426. The second-order valence-corrected chi connectivity index (χ2v) is 3.61. The Hall–Kier alpha value is -1.36. The number of aryl methyl sites for hydroxylation is 1. The van der Waals surface area contributed by atoms with Gasteiger partial charge in [0.05, 0.1) is 6.04 Å². The third-order valence-corrected chi connectivity index (χ3v) is 2.52. The van der Waals surface area contributed by atoms with E-state index in [1.165, 1.54) is 6.07 Å². The van der Waals surface area contributed by atoms with Crippen molar-refractivity contribution in [1.82, 2.24) is 15.3 Å². The summed E-state index contributed by atoms with van der Waals surface area (Å²) in [4.78, 5) is 20.2. The highest BCUT2D eigenvalue weighted by Gasteiger charge is 2.22. The molecule has 1 aliphatic rings. The molecule has 76 valence electrons. The molecule has 0 saturated carbocycles. The van der Waals surface area contributed by atoms with Crippen LogP contribution in [0.4, 0.5) is 5.82 Å². The Bertz CT molecular complexity index is 383. The van der Waals surface area contributed by atoms with Gasteiger partial charge in [-0.3, -0.25) is 4.79 Å². The van der Waals surface area contributed by atoms with Gasteiger partial charge in [-0.25, -0.2) is 4.98 Å². The smallest absolute Gasteiger partial charge is 0.252 e. The summed E-state index contributed by atoms with van der Waals surface area (Å²) in [6.07, 6.45) is 0. The molecule has 1 fully saturated rings. The van der Waals surface area contributed by atoms with Crippen LogP contribution in [0.1, 0.15) is 5.82 Å². The van der Waals surface area contributed by atoms with Crippen LogP contribution >= 0.6 is 0 Å². The van der Waals surface area contributed by atoms with E-state index in [0.29, 0.717) is 11.9 Å². The lowest BCUT2D eigenvalue weighted by Crippen LogP contribution is -2.56. The van der Waals surface area contributed by atoms with E-state index in [4.69, 9.17) is 0 Å². The molecule has 0 atom stereocenters. The van der Waals surface area contributed by atoms with E-state index in [1.807, 2.05) is 11.9 Å². The molecule has 2 heterocycles. The number of anilines is 1. The molecule has 0 spiro atoms. The molecule has 1 aliphatic heterocycles. The van der Waals surface area contributed by atoms with E-state index < -0.39 is 0 Å². The second kappa shape index (κ2) is 3.42. The van der Waals surface area contributed by atoms with Crippen molar-refractivity contribution < 1.29 is 0 Å². The van der Waals surface area contributed by atoms with Crippen LogP contribution in [-0.2, 0) is 0 Å². The monoisotopic (exact) mass is 194 g/mol.